The highest BCUT2D eigenvalue weighted by molar-refractivity contribution is 5.93. The molecule has 7 nitrogen and oxygen atoms in total. The van der Waals surface area contributed by atoms with Crippen LogP contribution in [0.1, 0.15) is 10.5 Å². The Balaban J connectivity index is 1.38. The molecule has 0 atom stereocenters. The van der Waals surface area contributed by atoms with E-state index in [1.54, 1.807) is 11.0 Å². The highest BCUT2D eigenvalue weighted by atomic mass is 16.5. The molecule has 124 valence electrons. The molecule has 2 amide bonds. The van der Waals surface area contributed by atoms with Crippen LogP contribution < -0.4 is 5.32 Å². The zero-order valence-electron chi connectivity index (χ0n) is 13.1. The number of carbonyl (C=O) groups excluding carboxylic acids is 2. The maximum atomic E-state index is 12.5. The number of benzene rings is 1. The van der Waals surface area contributed by atoms with Gasteiger partial charge in [0.2, 0.25) is 5.91 Å². The summed E-state index contributed by atoms with van der Waals surface area (Å²) in [5, 5.41) is 6.71. The Kier molecular flexibility index (Phi) is 3.78. The smallest absolute Gasteiger partial charge is 0.276 e. The second-order valence-electron chi connectivity index (χ2n) is 6.13. The lowest BCUT2D eigenvalue weighted by molar-refractivity contribution is -0.126. The molecular weight excluding hydrogens is 308 g/mol. The third-order valence-electron chi connectivity index (χ3n) is 4.52. The molecule has 3 heterocycles. The van der Waals surface area contributed by atoms with Gasteiger partial charge in [-0.05, 0) is 0 Å². The average molecular weight is 326 g/mol. The number of piperazine rings is 1. The van der Waals surface area contributed by atoms with E-state index in [-0.39, 0.29) is 17.9 Å². The number of nitrogens with one attached hydrogen (secondary N) is 1. The third-order valence-corrected chi connectivity index (χ3v) is 4.52. The van der Waals surface area contributed by atoms with Gasteiger partial charge in [-0.2, -0.15) is 0 Å². The van der Waals surface area contributed by atoms with Gasteiger partial charge in [-0.3, -0.25) is 14.5 Å². The molecule has 2 aromatic rings. The zero-order valence-corrected chi connectivity index (χ0v) is 13.1. The van der Waals surface area contributed by atoms with Gasteiger partial charge in [0.15, 0.2) is 11.5 Å². The van der Waals surface area contributed by atoms with Gasteiger partial charge in [-0.25, -0.2) is 0 Å². The van der Waals surface area contributed by atoms with Crippen LogP contribution >= 0.6 is 0 Å². The molecule has 7 heteroatoms. The Morgan fingerprint density at radius 1 is 1.25 bits per heavy atom. The lowest BCUT2D eigenvalue weighted by Crippen LogP contribution is -2.64. The normalized spacial score (nSPS) is 19.0. The molecule has 0 aliphatic carbocycles. The van der Waals surface area contributed by atoms with Crippen molar-refractivity contribution < 1.29 is 14.1 Å². The number of hydrogen-bond acceptors (Lipinski definition) is 5. The average Bonchev–Trinajstić information content (AvgIpc) is 3.04. The number of likely N-dealkylation sites (tertiary alicyclic amines) is 1. The SMILES string of the molecule is O=C1CN(C2CN(C(=O)c3cc(-c4ccccc4)on3)C2)CCN1. The van der Waals surface area contributed by atoms with Crippen LogP contribution in [0, 0.1) is 0 Å². The fourth-order valence-electron chi connectivity index (χ4n) is 3.10. The summed E-state index contributed by atoms with van der Waals surface area (Å²) < 4.78 is 5.29. The molecule has 2 saturated heterocycles. The number of aromatic nitrogens is 1. The molecule has 0 bridgehead atoms. The van der Waals surface area contributed by atoms with E-state index in [9.17, 15) is 9.59 Å². The van der Waals surface area contributed by atoms with Gasteiger partial charge in [0.25, 0.3) is 5.91 Å². The lowest BCUT2D eigenvalue weighted by Gasteiger charge is -2.46. The van der Waals surface area contributed by atoms with Crippen molar-refractivity contribution in [3.8, 4) is 11.3 Å². The Hall–Kier alpha value is -2.67. The first kappa shape index (κ1) is 14.9. The molecule has 4 rings (SSSR count). The van der Waals surface area contributed by atoms with Crippen molar-refractivity contribution in [2.45, 2.75) is 6.04 Å². The van der Waals surface area contributed by atoms with Gasteiger partial charge in [0.1, 0.15) is 0 Å². The predicted octanol–water partition coefficient (Wildman–Crippen LogP) is 0.598. The minimum atomic E-state index is -0.126. The quantitative estimate of drug-likeness (QED) is 0.893. The largest absolute Gasteiger partial charge is 0.355 e. The molecule has 2 aliphatic heterocycles. The third kappa shape index (κ3) is 2.78. The topological polar surface area (TPSA) is 78.7 Å². The Morgan fingerprint density at radius 3 is 2.79 bits per heavy atom. The number of nitrogens with zero attached hydrogens (tertiary/aromatic N) is 3. The second kappa shape index (κ2) is 6.09. The molecule has 0 radical (unpaired) electrons. The summed E-state index contributed by atoms with van der Waals surface area (Å²) >= 11 is 0. The second-order valence-corrected chi connectivity index (χ2v) is 6.13. The molecule has 0 saturated carbocycles. The van der Waals surface area contributed by atoms with Crippen LogP contribution in [-0.2, 0) is 4.79 Å². The standard InChI is InChI=1S/C17H18N4O3/c22-16-11-20(7-6-18-16)13-9-21(10-13)17(23)14-8-15(24-19-14)12-4-2-1-3-5-12/h1-5,8,13H,6-7,9-11H2,(H,18,22). The van der Waals surface area contributed by atoms with Crippen molar-refractivity contribution in [1.29, 1.82) is 0 Å². The molecule has 1 aromatic heterocycles. The van der Waals surface area contributed by atoms with E-state index < -0.39 is 0 Å². The van der Waals surface area contributed by atoms with Crippen LogP contribution in [0.4, 0.5) is 0 Å². The summed E-state index contributed by atoms with van der Waals surface area (Å²) in [5.74, 6) is 0.511. The number of rotatable bonds is 3. The van der Waals surface area contributed by atoms with E-state index in [0.29, 0.717) is 37.6 Å². The van der Waals surface area contributed by atoms with E-state index in [2.05, 4.69) is 15.4 Å². The van der Waals surface area contributed by atoms with Crippen LogP contribution in [0.2, 0.25) is 0 Å². The van der Waals surface area contributed by atoms with Gasteiger partial charge in [-0.1, -0.05) is 35.5 Å². The summed E-state index contributed by atoms with van der Waals surface area (Å²) in [6.45, 7) is 3.17. The Labute approximate surface area is 139 Å². The first-order chi connectivity index (χ1) is 11.7. The molecule has 2 fully saturated rings. The first-order valence-corrected chi connectivity index (χ1v) is 8.03. The van der Waals surface area contributed by atoms with Crippen LogP contribution in [0.3, 0.4) is 0 Å². The predicted molar refractivity (Wildman–Crippen MR) is 86.2 cm³/mol. The summed E-state index contributed by atoms with van der Waals surface area (Å²) in [6, 6.07) is 11.5. The minimum absolute atomic E-state index is 0.0510. The molecule has 2 aliphatic rings. The highest BCUT2D eigenvalue weighted by Crippen LogP contribution is 2.23. The fraction of sp³-hybridized carbons (Fsp3) is 0.353. The molecule has 1 aromatic carbocycles. The van der Waals surface area contributed by atoms with E-state index in [4.69, 9.17) is 4.52 Å². The molecule has 0 unspecified atom stereocenters. The van der Waals surface area contributed by atoms with Crippen LogP contribution in [-0.4, -0.2) is 65.5 Å². The molecular formula is C17H18N4O3. The molecule has 1 N–H and O–H groups in total. The fourth-order valence-corrected chi connectivity index (χ4v) is 3.10. The highest BCUT2D eigenvalue weighted by Gasteiger charge is 2.37. The van der Waals surface area contributed by atoms with Crippen molar-refractivity contribution in [2.75, 3.05) is 32.7 Å². The maximum absolute atomic E-state index is 12.5. The van der Waals surface area contributed by atoms with Crippen LogP contribution in [0.15, 0.2) is 40.9 Å². The minimum Gasteiger partial charge on any atom is -0.355 e. The lowest BCUT2D eigenvalue weighted by atomic mass is 10.1. The van der Waals surface area contributed by atoms with E-state index in [1.165, 1.54) is 0 Å². The van der Waals surface area contributed by atoms with Gasteiger partial charge in [0, 0.05) is 43.9 Å². The maximum Gasteiger partial charge on any atom is 0.276 e. The van der Waals surface area contributed by atoms with E-state index in [1.807, 2.05) is 30.3 Å². The van der Waals surface area contributed by atoms with Crippen molar-refractivity contribution in [3.05, 3.63) is 42.1 Å². The van der Waals surface area contributed by atoms with Crippen molar-refractivity contribution in [1.82, 2.24) is 20.3 Å². The molecule has 0 spiro atoms. The molecule has 24 heavy (non-hydrogen) atoms. The van der Waals surface area contributed by atoms with Crippen LogP contribution in [0.5, 0.6) is 0 Å². The monoisotopic (exact) mass is 326 g/mol. The van der Waals surface area contributed by atoms with Gasteiger partial charge < -0.3 is 14.7 Å². The zero-order chi connectivity index (χ0) is 16.5. The Bertz CT molecular complexity index is 752. The van der Waals surface area contributed by atoms with Gasteiger partial charge in [0.05, 0.1) is 6.54 Å². The number of hydrogen-bond donors (Lipinski definition) is 1. The van der Waals surface area contributed by atoms with Crippen LogP contribution in [0.25, 0.3) is 11.3 Å². The first-order valence-electron chi connectivity index (χ1n) is 8.03. The van der Waals surface area contributed by atoms with E-state index >= 15 is 0 Å². The summed E-state index contributed by atoms with van der Waals surface area (Å²) in [5.41, 5.74) is 1.22. The van der Waals surface area contributed by atoms with Gasteiger partial charge in [-0.15, -0.1) is 0 Å². The number of carbonyl (C=O) groups is 2. The van der Waals surface area contributed by atoms with Crippen molar-refractivity contribution in [2.24, 2.45) is 0 Å². The summed E-state index contributed by atoms with van der Waals surface area (Å²) in [6.07, 6.45) is 0. The van der Waals surface area contributed by atoms with Crippen molar-refractivity contribution in [3.63, 3.8) is 0 Å². The summed E-state index contributed by atoms with van der Waals surface area (Å²) in [7, 11) is 0. The van der Waals surface area contributed by atoms with E-state index in [0.717, 1.165) is 12.1 Å². The Morgan fingerprint density at radius 2 is 2.04 bits per heavy atom. The van der Waals surface area contributed by atoms with Crippen molar-refractivity contribution >= 4 is 11.8 Å². The number of amides is 2. The van der Waals surface area contributed by atoms with Gasteiger partial charge >= 0.3 is 0 Å². The summed E-state index contributed by atoms with van der Waals surface area (Å²) in [4.78, 5) is 27.8.